The van der Waals surface area contributed by atoms with Crippen LogP contribution < -0.4 is 4.74 Å². The van der Waals surface area contributed by atoms with Crippen molar-refractivity contribution in [1.29, 1.82) is 0 Å². The summed E-state index contributed by atoms with van der Waals surface area (Å²) >= 11 is 0. The molecule has 1 N–H and O–H groups in total. The fourth-order valence-electron chi connectivity index (χ4n) is 2.97. The standard InChI is InChI=1S/C16H21N5O2/c1-20-8-13(6-19-20)23-15-10-21(9-14(15)22)7-11-4-17-16(18-5-11)12-2-3-12/h4-6,8,12,14-15,22H,2-3,7,9-10H2,1H3/t14-,15-/m1/s1. The Balaban J connectivity index is 1.34. The molecule has 23 heavy (non-hydrogen) atoms. The number of hydrogen-bond acceptors (Lipinski definition) is 6. The van der Waals surface area contributed by atoms with E-state index < -0.39 is 6.10 Å². The number of ether oxygens (including phenoxy) is 1. The summed E-state index contributed by atoms with van der Waals surface area (Å²) in [6, 6.07) is 0. The highest BCUT2D eigenvalue weighted by molar-refractivity contribution is 5.14. The molecule has 122 valence electrons. The molecular weight excluding hydrogens is 294 g/mol. The zero-order valence-corrected chi connectivity index (χ0v) is 13.2. The predicted molar refractivity (Wildman–Crippen MR) is 82.9 cm³/mol. The number of nitrogens with zero attached hydrogens (tertiary/aromatic N) is 5. The second-order valence-corrected chi connectivity index (χ2v) is 6.49. The van der Waals surface area contributed by atoms with Gasteiger partial charge < -0.3 is 9.84 Å². The van der Waals surface area contributed by atoms with Crippen molar-refractivity contribution in [3.8, 4) is 5.75 Å². The van der Waals surface area contributed by atoms with Gasteiger partial charge in [0.05, 0.1) is 12.4 Å². The van der Waals surface area contributed by atoms with Gasteiger partial charge in [0.2, 0.25) is 0 Å². The molecule has 1 saturated heterocycles. The number of aliphatic hydroxyl groups is 1. The maximum atomic E-state index is 10.2. The van der Waals surface area contributed by atoms with Gasteiger partial charge in [-0.25, -0.2) is 9.97 Å². The molecule has 2 aliphatic rings. The third kappa shape index (κ3) is 3.35. The summed E-state index contributed by atoms with van der Waals surface area (Å²) in [6.45, 7) is 2.00. The first-order chi connectivity index (χ1) is 11.2. The predicted octanol–water partition coefficient (Wildman–Crippen LogP) is 0.712. The molecule has 7 heteroatoms. The fourth-order valence-corrected chi connectivity index (χ4v) is 2.97. The van der Waals surface area contributed by atoms with Gasteiger partial charge in [0, 0.05) is 50.6 Å². The number of aliphatic hydroxyl groups excluding tert-OH is 1. The van der Waals surface area contributed by atoms with Crippen LogP contribution in [0.5, 0.6) is 5.75 Å². The van der Waals surface area contributed by atoms with Crippen molar-refractivity contribution in [2.45, 2.75) is 37.5 Å². The highest BCUT2D eigenvalue weighted by Crippen LogP contribution is 2.37. The summed E-state index contributed by atoms with van der Waals surface area (Å²) in [4.78, 5) is 11.1. The van der Waals surface area contributed by atoms with Gasteiger partial charge in [0.15, 0.2) is 5.75 Å². The van der Waals surface area contributed by atoms with Crippen LogP contribution in [0.25, 0.3) is 0 Å². The van der Waals surface area contributed by atoms with E-state index in [4.69, 9.17) is 4.74 Å². The van der Waals surface area contributed by atoms with Crippen LogP contribution in [0.4, 0.5) is 0 Å². The lowest BCUT2D eigenvalue weighted by atomic mass is 10.3. The van der Waals surface area contributed by atoms with Crippen molar-refractivity contribution in [3.05, 3.63) is 36.2 Å². The Hall–Kier alpha value is -1.99. The van der Waals surface area contributed by atoms with Crippen molar-refractivity contribution in [1.82, 2.24) is 24.6 Å². The van der Waals surface area contributed by atoms with E-state index in [0.717, 1.165) is 17.9 Å². The van der Waals surface area contributed by atoms with Crippen LogP contribution in [0.3, 0.4) is 0 Å². The zero-order valence-electron chi connectivity index (χ0n) is 13.2. The van der Waals surface area contributed by atoms with Crippen molar-refractivity contribution < 1.29 is 9.84 Å². The molecule has 4 rings (SSSR count). The topological polar surface area (TPSA) is 76.3 Å². The summed E-state index contributed by atoms with van der Waals surface area (Å²) in [7, 11) is 1.84. The van der Waals surface area contributed by atoms with Crippen LogP contribution in [0.2, 0.25) is 0 Å². The average molecular weight is 315 g/mol. The fraction of sp³-hybridized carbons (Fsp3) is 0.562. The van der Waals surface area contributed by atoms with E-state index >= 15 is 0 Å². The molecule has 0 spiro atoms. The molecular formula is C16H21N5O2. The second kappa shape index (κ2) is 5.90. The lowest BCUT2D eigenvalue weighted by molar-refractivity contribution is 0.0736. The first kappa shape index (κ1) is 14.6. The maximum absolute atomic E-state index is 10.2. The van der Waals surface area contributed by atoms with Crippen LogP contribution in [0.1, 0.15) is 30.1 Å². The minimum atomic E-state index is -0.498. The molecule has 2 atom stereocenters. The molecule has 0 unspecified atom stereocenters. The van der Waals surface area contributed by atoms with E-state index in [1.54, 1.807) is 17.1 Å². The number of aryl methyl sites for hydroxylation is 1. The number of β-amino-alcohol motifs (C(OH)–C–C–N with tert-alkyl or cyclic N) is 1. The minimum Gasteiger partial charge on any atom is -0.483 e. The van der Waals surface area contributed by atoms with Gasteiger partial charge in [-0.05, 0) is 12.8 Å². The lowest BCUT2D eigenvalue weighted by Gasteiger charge is -2.16. The van der Waals surface area contributed by atoms with Crippen LogP contribution in [0, 0.1) is 0 Å². The highest BCUT2D eigenvalue weighted by atomic mass is 16.5. The smallest absolute Gasteiger partial charge is 0.157 e. The van der Waals surface area contributed by atoms with Gasteiger partial charge in [-0.15, -0.1) is 0 Å². The van der Waals surface area contributed by atoms with E-state index in [9.17, 15) is 5.11 Å². The molecule has 1 aliphatic carbocycles. The number of rotatable bonds is 5. The molecule has 0 radical (unpaired) electrons. The summed E-state index contributed by atoms with van der Waals surface area (Å²) in [6.07, 6.45) is 8.98. The molecule has 7 nitrogen and oxygen atoms in total. The van der Waals surface area contributed by atoms with Gasteiger partial charge in [-0.2, -0.15) is 5.10 Å². The quantitative estimate of drug-likeness (QED) is 0.876. The zero-order chi connectivity index (χ0) is 15.8. The van der Waals surface area contributed by atoms with Gasteiger partial charge >= 0.3 is 0 Å². The SMILES string of the molecule is Cn1cc(O[C@@H]2CN(Cc3cnc(C4CC4)nc3)C[C@H]2O)cn1. The highest BCUT2D eigenvalue weighted by Gasteiger charge is 2.33. The number of likely N-dealkylation sites (tertiary alicyclic amines) is 1. The number of hydrogen-bond donors (Lipinski definition) is 1. The number of aromatic nitrogens is 4. The third-order valence-corrected chi connectivity index (χ3v) is 4.36. The summed E-state index contributed by atoms with van der Waals surface area (Å²) in [5, 5.41) is 14.3. The van der Waals surface area contributed by atoms with Gasteiger partial charge in [-0.3, -0.25) is 9.58 Å². The first-order valence-electron chi connectivity index (χ1n) is 8.04. The largest absolute Gasteiger partial charge is 0.483 e. The van der Waals surface area contributed by atoms with E-state index in [-0.39, 0.29) is 6.10 Å². The summed E-state index contributed by atoms with van der Waals surface area (Å²) < 4.78 is 7.52. The molecule has 1 aliphatic heterocycles. The molecule has 0 aromatic carbocycles. The maximum Gasteiger partial charge on any atom is 0.157 e. The Labute approximate surface area is 134 Å². The summed E-state index contributed by atoms with van der Waals surface area (Å²) in [5.74, 6) is 2.23. The van der Waals surface area contributed by atoms with E-state index in [1.165, 1.54) is 12.8 Å². The Morgan fingerprint density at radius 1 is 1.22 bits per heavy atom. The van der Waals surface area contributed by atoms with Crippen molar-refractivity contribution in [3.63, 3.8) is 0 Å². The Morgan fingerprint density at radius 2 is 2.00 bits per heavy atom. The van der Waals surface area contributed by atoms with Crippen LogP contribution in [-0.4, -0.2) is 55.1 Å². The Bertz CT molecular complexity index is 667. The Morgan fingerprint density at radius 3 is 2.65 bits per heavy atom. The van der Waals surface area contributed by atoms with Crippen LogP contribution in [-0.2, 0) is 13.6 Å². The molecule has 2 aromatic rings. The average Bonchev–Trinajstić information content (AvgIpc) is 3.22. The van der Waals surface area contributed by atoms with Crippen molar-refractivity contribution in [2.75, 3.05) is 13.1 Å². The monoisotopic (exact) mass is 315 g/mol. The van der Waals surface area contributed by atoms with E-state index in [0.29, 0.717) is 24.8 Å². The van der Waals surface area contributed by atoms with Crippen LogP contribution >= 0.6 is 0 Å². The van der Waals surface area contributed by atoms with Gasteiger partial charge in [0.25, 0.3) is 0 Å². The van der Waals surface area contributed by atoms with Crippen molar-refractivity contribution >= 4 is 0 Å². The van der Waals surface area contributed by atoms with Gasteiger partial charge in [0.1, 0.15) is 18.0 Å². The normalized spacial score (nSPS) is 25.0. The third-order valence-electron chi connectivity index (χ3n) is 4.36. The minimum absolute atomic E-state index is 0.231. The van der Waals surface area contributed by atoms with E-state index in [2.05, 4.69) is 20.0 Å². The Kier molecular flexibility index (Phi) is 3.74. The lowest BCUT2D eigenvalue weighted by Crippen LogP contribution is -2.29. The molecule has 0 amide bonds. The van der Waals surface area contributed by atoms with Gasteiger partial charge in [-0.1, -0.05) is 0 Å². The molecule has 2 fully saturated rings. The molecule has 0 bridgehead atoms. The van der Waals surface area contributed by atoms with Crippen LogP contribution in [0.15, 0.2) is 24.8 Å². The first-order valence-corrected chi connectivity index (χ1v) is 8.04. The second-order valence-electron chi connectivity index (χ2n) is 6.49. The molecule has 1 saturated carbocycles. The molecule has 3 heterocycles. The molecule has 2 aromatic heterocycles. The van der Waals surface area contributed by atoms with E-state index in [1.807, 2.05) is 19.4 Å². The van der Waals surface area contributed by atoms with Crippen molar-refractivity contribution in [2.24, 2.45) is 7.05 Å². The summed E-state index contributed by atoms with van der Waals surface area (Å²) in [5.41, 5.74) is 1.07.